The topological polar surface area (TPSA) is 406 Å². The molecule has 30 nitrogen and oxygen atoms in total. The summed E-state index contributed by atoms with van der Waals surface area (Å²) < 4.78 is 5.57. The summed E-state index contributed by atoms with van der Waals surface area (Å²) in [4.78, 5) is 149. The van der Waals surface area contributed by atoms with Gasteiger partial charge in [-0.15, -0.1) is 0 Å². The van der Waals surface area contributed by atoms with Crippen molar-refractivity contribution in [3.05, 3.63) is 121 Å². The number of nitrogens with one attached hydrogen (secondary N) is 1. The quantitative estimate of drug-likeness (QED) is 0.0229. The van der Waals surface area contributed by atoms with E-state index in [9.17, 15) is 48.3 Å². The lowest BCUT2D eigenvalue weighted by Gasteiger charge is -2.54. The molecular formula is C94H125N15O15. The van der Waals surface area contributed by atoms with Crippen LogP contribution in [-0.2, 0) is 43.3 Å². The number of aromatic nitrogens is 6. The van der Waals surface area contributed by atoms with E-state index in [-0.39, 0.29) is 89.3 Å². The van der Waals surface area contributed by atoms with Gasteiger partial charge in [-0.1, -0.05) is 142 Å². The second-order valence-electron chi connectivity index (χ2n) is 38.1. The minimum Gasteiger partial charge on any atom is -0.479 e. The fourth-order valence-corrected chi connectivity index (χ4v) is 25.5. The molecule has 6 saturated carbocycles. The summed E-state index contributed by atoms with van der Waals surface area (Å²) in [5, 5.41) is 42.1. The number of fused-ring (bicyclic) bond motifs is 15. The molecule has 3 aromatic carbocycles. The number of carbonyl (C=O) groups is 6. The van der Waals surface area contributed by atoms with Gasteiger partial charge in [0.2, 0.25) is 30.7 Å². The molecule has 12 aliphatic rings. The standard InChI is InChI=1S/C33H45N5O5.C32H43N5O5.C29H37N5O5/c1-34-30(39)14-13-28(36-43-20-31(40)41)32-33(42)38(29-12-5-4-11-27(29)35-32)26-18-23-9-6-10-24(19-26)37(23)25-16-21-7-2-3-8-22(15-21)17-25;33-29(38)13-12-27(35-42-19-30(39)40)31-32(41)37(28-11-4-3-10-26(28)34-31)25-17-22-8-5-9-23(18-25)36(22)24-15-20-6-1-2-7-21(14-20)16-24;30-25(35)16-39-32-27(29(37)38)26-28(36)34(24-8-4-3-7-23(24)31-26)22-14-19-9-10-20(15-22)33(19)21-12-17-5-1-2-6-18(11-17)13-21/h4-5,11-12,21-26H,2-3,6-10,13-20H2,1H3,(H,34,39)(H,40,41);3-4,10-11,20-25H,1-2,5-9,12-19H2,(H2,33,38)(H,39,40);3-4,7-8,17-22H,1-2,5-6,9-16H2,(H2,30,35)(H,37,38)/b36-28+;35-27+;32-27-. The zero-order valence-electron chi connectivity index (χ0n) is 71.8. The molecule has 3 aromatic heterocycles. The molecule has 12 unspecified atom stereocenters. The SMILES string of the molecule is CNC(=O)CC/C(=N\OCC(=O)O)c1nc2ccccc2n(C2CC3CCCC(C2)N3C2CC3CCCCC(C3)C2)c1=O.NC(=O)CC/C(=N\OCC(=O)O)c1nc2ccccc2n(C2CC3CCCC(C2)N3C2CC3CCCCC(C3)C2)c1=O.NC(=O)CO/N=C(\C(=O)O)c1nc2ccccc2n(C2CC3CCC(C2)N3C2CC3CCCCC(C3)C2)c1=O. The third-order valence-electron chi connectivity index (χ3n) is 30.1. The molecule has 30 heteroatoms. The van der Waals surface area contributed by atoms with E-state index in [1.807, 2.05) is 75.9 Å². The van der Waals surface area contributed by atoms with Crippen molar-refractivity contribution in [3.63, 3.8) is 0 Å². The van der Waals surface area contributed by atoms with Crippen LogP contribution >= 0.6 is 0 Å². The summed E-state index contributed by atoms with van der Waals surface area (Å²) in [5.74, 6) is -0.200. The van der Waals surface area contributed by atoms with Crippen LogP contribution in [0.3, 0.4) is 0 Å². The smallest absolute Gasteiger partial charge is 0.360 e. The number of aliphatic carboxylic acids is 3. The van der Waals surface area contributed by atoms with Gasteiger partial charge in [0.1, 0.15) is 11.4 Å². The number of benzene rings is 3. The number of hydrogen-bond acceptors (Lipinski definition) is 21. The molecule has 8 N–H and O–H groups in total. The van der Waals surface area contributed by atoms with E-state index in [0.717, 1.165) is 111 Å². The Labute approximate surface area is 722 Å². The monoisotopic (exact) mass is 1700 g/mol. The summed E-state index contributed by atoms with van der Waals surface area (Å²) >= 11 is 0. The van der Waals surface area contributed by atoms with Crippen LogP contribution in [0.15, 0.2) is 103 Å². The van der Waals surface area contributed by atoms with E-state index >= 15 is 0 Å². The Morgan fingerprint density at radius 1 is 0.363 bits per heavy atom. The number of amides is 3. The lowest BCUT2D eigenvalue weighted by atomic mass is 9.73. The second-order valence-corrected chi connectivity index (χ2v) is 38.1. The van der Waals surface area contributed by atoms with Gasteiger partial charge < -0.3 is 60.3 Å². The highest BCUT2D eigenvalue weighted by molar-refractivity contribution is 6.41. The van der Waals surface area contributed by atoms with Crippen molar-refractivity contribution >= 4 is 85.9 Å². The highest BCUT2D eigenvalue weighted by atomic mass is 16.6. The van der Waals surface area contributed by atoms with Crippen molar-refractivity contribution in [2.45, 2.75) is 323 Å². The first-order valence-corrected chi connectivity index (χ1v) is 46.6. The Balaban J connectivity index is 0.000000138. The third kappa shape index (κ3) is 20.0. The molecule has 3 amide bonds. The van der Waals surface area contributed by atoms with E-state index < -0.39 is 60.8 Å². The van der Waals surface area contributed by atoms with Crippen LogP contribution in [0.1, 0.15) is 286 Å². The van der Waals surface area contributed by atoms with Gasteiger partial charge in [0, 0.05) is 105 Å². The van der Waals surface area contributed by atoms with Gasteiger partial charge in [-0.05, 0) is 207 Å². The van der Waals surface area contributed by atoms with Crippen LogP contribution in [0.2, 0.25) is 0 Å². The number of para-hydroxylation sites is 6. The lowest BCUT2D eigenvalue weighted by Crippen LogP contribution is -2.58. The molecule has 6 aromatic rings. The van der Waals surface area contributed by atoms with E-state index in [1.165, 1.54) is 161 Å². The Morgan fingerprint density at radius 3 is 1.00 bits per heavy atom. The normalized spacial score (nSPS) is 30.2. The molecule has 12 bridgehead atoms. The predicted molar refractivity (Wildman–Crippen MR) is 469 cm³/mol. The minimum absolute atomic E-state index is 0.0129. The van der Waals surface area contributed by atoms with Gasteiger partial charge in [-0.2, -0.15) is 0 Å². The molecule has 0 spiro atoms. The molecule has 12 atom stereocenters. The van der Waals surface area contributed by atoms with Gasteiger partial charge in [0.05, 0.1) is 33.1 Å². The number of carboxylic acids is 3. The number of hydrogen-bond donors (Lipinski definition) is 6. The lowest BCUT2D eigenvalue weighted by molar-refractivity contribution is -0.143. The minimum atomic E-state index is -1.46. The summed E-state index contributed by atoms with van der Waals surface area (Å²) in [6.07, 6.45) is 43.7. The number of carboxylic acid groups (broad SMARTS) is 3. The maximum Gasteiger partial charge on any atom is 0.360 e. The highest BCUT2D eigenvalue weighted by Gasteiger charge is 2.50. The number of rotatable bonds is 25. The Bertz CT molecular complexity index is 5100. The molecule has 0 radical (unpaired) electrons. The van der Waals surface area contributed by atoms with Crippen LogP contribution in [0, 0.1) is 35.5 Å². The Morgan fingerprint density at radius 2 is 0.677 bits per heavy atom. The first kappa shape index (κ1) is 87.7. The zero-order valence-corrected chi connectivity index (χ0v) is 71.8. The number of nitrogens with zero attached hydrogens (tertiary/aromatic N) is 12. The third-order valence-corrected chi connectivity index (χ3v) is 30.1. The van der Waals surface area contributed by atoms with E-state index in [2.05, 4.69) is 45.5 Å². The van der Waals surface area contributed by atoms with Crippen molar-refractivity contribution in [1.29, 1.82) is 0 Å². The van der Waals surface area contributed by atoms with Crippen LogP contribution in [0.25, 0.3) is 33.1 Å². The van der Waals surface area contributed by atoms with Gasteiger partial charge >= 0.3 is 17.9 Å². The summed E-state index contributed by atoms with van der Waals surface area (Å²) in [6, 6.07) is 27.3. The molecule has 124 heavy (non-hydrogen) atoms. The molecule has 9 heterocycles. The maximum absolute atomic E-state index is 14.3. The first-order chi connectivity index (χ1) is 60.2. The van der Waals surface area contributed by atoms with Gasteiger partial charge in [0.15, 0.2) is 23.7 Å². The Hall–Kier alpha value is -9.81. The fraction of sp³-hybridized carbons (Fsp3) is 0.649. The van der Waals surface area contributed by atoms with Crippen molar-refractivity contribution in [1.82, 2.24) is 48.7 Å². The molecular weight excluding hydrogens is 1580 g/mol. The second kappa shape index (κ2) is 39.8. The van der Waals surface area contributed by atoms with Gasteiger partial charge in [-0.3, -0.25) is 43.5 Å². The molecule has 18 rings (SSSR count). The zero-order chi connectivity index (χ0) is 86.2. The maximum atomic E-state index is 14.3. The van der Waals surface area contributed by atoms with Crippen molar-refractivity contribution < 1.29 is 58.6 Å². The van der Waals surface area contributed by atoms with Crippen molar-refractivity contribution in [2.75, 3.05) is 26.9 Å². The van der Waals surface area contributed by atoms with Crippen LogP contribution in [0.4, 0.5) is 0 Å². The first-order valence-electron chi connectivity index (χ1n) is 46.6. The molecule has 666 valence electrons. The number of piperidine rings is 5. The number of nitrogens with two attached hydrogens (primary N) is 2. The Kier molecular flexibility index (Phi) is 28.1. The molecule has 12 fully saturated rings. The van der Waals surface area contributed by atoms with Crippen LogP contribution in [-0.4, -0.2) is 193 Å². The predicted octanol–water partition coefficient (Wildman–Crippen LogP) is 12.2. The summed E-state index contributed by atoms with van der Waals surface area (Å²) in [5.41, 5.74) is 13.2. The fourth-order valence-electron chi connectivity index (χ4n) is 25.5. The number of carbonyl (C=O) groups excluding carboxylic acids is 3. The van der Waals surface area contributed by atoms with Crippen LogP contribution < -0.4 is 33.5 Å². The number of primary amides is 2. The largest absolute Gasteiger partial charge is 0.479 e. The van der Waals surface area contributed by atoms with Crippen molar-refractivity contribution in [2.24, 2.45) is 62.4 Å². The molecule has 6 aliphatic heterocycles. The van der Waals surface area contributed by atoms with E-state index in [1.54, 1.807) is 17.7 Å². The summed E-state index contributed by atoms with van der Waals surface area (Å²) in [7, 11) is 1.55. The van der Waals surface area contributed by atoms with Crippen molar-refractivity contribution in [3.8, 4) is 0 Å². The van der Waals surface area contributed by atoms with E-state index in [0.29, 0.717) is 76.4 Å². The highest BCUT2D eigenvalue weighted by Crippen LogP contribution is 2.52. The molecule has 6 aliphatic carbocycles. The van der Waals surface area contributed by atoms with Gasteiger partial charge in [0.25, 0.3) is 22.6 Å². The average molecular weight is 1710 g/mol. The summed E-state index contributed by atoms with van der Waals surface area (Å²) in [6.45, 7) is -1.90. The van der Waals surface area contributed by atoms with Crippen LogP contribution in [0.5, 0.6) is 0 Å². The average Bonchev–Trinajstić information content (AvgIpc) is 1.02. The number of oxime groups is 3. The van der Waals surface area contributed by atoms with E-state index in [4.69, 9.17) is 41.2 Å². The molecule has 6 saturated heterocycles. The van der Waals surface area contributed by atoms with Gasteiger partial charge in [-0.25, -0.2) is 29.3 Å².